The molecule has 0 amide bonds. The van der Waals surface area contributed by atoms with Crippen LogP contribution in [0, 0.1) is 0 Å². The molecule has 14 heavy (non-hydrogen) atoms. The van der Waals surface area contributed by atoms with Gasteiger partial charge in [0.25, 0.3) is 0 Å². The summed E-state index contributed by atoms with van der Waals surface area (Å²) in [5, 5.41) is 21.1. The van der Waals surface area contributed by atoms with Crippen LogP contribution in [0.15, 0.2) is 18.3 Å². The second kappa shape index (κ2) is 5.57. The normalized spacial score (nSPS) is 12.7. The molecule has 0 aromatic carbocycles. The summed E-state index contributed by atoms with van der Waals surface area (Å²) in [5.74, 6) is 0.169. The predicted molar refractivity (Wildman–Crippen MR) is 53.9 cm³/mol. The lowest BCUT2D eigenvalue weighted by Crippen LogP contribution is -2.31. The fourth-order valence-corrected chi connectivity index (χ4v) is 1.11. The number of hydrogen-bond acceptors (Lipinski definition) is 4. The largest absolute Gasteiger partial charge is 0.506 e. The highest BCUT2D eigenvalue weighted by Crippen LogP contribution is 2.05. The minimum Gasteiger partial charge on any atom is -0.506 e. The molecule has 0 aliphatic heterocycles. The van der Waals surface area contributed by atoms with Crippen molar-refractivity contribution in [1.82, 2.24) is 10.3 Å². The van der Waals surface area contributed by atoms with Crippen LogP contribution in [-0.2, 0) is 6.54 Å². The van der Waals surface area contributed by atoms with E-state index in [4.69, 9.17) is 10.2 Å². The monoisotopic (exact) mass is 196 g/mol. The van der Waals surface area contributed by atoms with Crippen LogP contribution in [0.3, 0.4) is 0 Å². The van der Waals surface area contributed by atoms with Crippen molar-refractivity contribution in [2.45, 2.75) is 25.9 Å². The van der Waals surface area contributed by atoms with Crippen LogP contribution < -0.4 is 5.32 Å². The van der Waals surface area contributed by atoms with Crippen LogP contribution >= 0.6 is 0 Å². The second-order valence-corrected chi connectivity index (χ2v) is 3.18. The molecular weight excluding hydrogens is 180 g/mol. The van der Waals surface area contributed by atoms with E-state index in [1.165, 1.54) is 6.20 Å². The van der Waals surface area contributed by atoms with Gasteiger partial charge in [-0.1, -0.05) is 6.92 Å². The Morgan fingerprint density at radius 1 is 1.50 bits per heavy atom. The molecule has 0 spiro atoms. The lowest BCUT2D eigenvalue weighted by molar-refractivity contribution is 0.238. The number of hydrogen-bond donors (Lipinski definition) is 3. The van der Waals surface area contributed by atoms with E-state index in [1.807, 2.05) is 6.92 Å². The first-order chi connectivity index (χ1) is 6.76. The summed E-state index contributed by atoms with van der Waals surface area (Å²) in [7, 11) is 0. The van der Waals surface area contributed by atoms with E-state index >= 15 is 0 Å². The summed E-state index contributed by atoms with van der Waals surface area (Å²) in [6.45, 7) is 2.76. The number of aromatic nitrogens is 1. The van der Waals surface area contributed by atoms with Crippen LogP contribution in [0.2, 0.25) is 0 Å². The molecule has 1 rings (SSSR count). The van der Waals surface area contributed by atoms with Gasteiger partial charge >= 0.3 is 0 Å². The third-order valence-corrected chi connectivity index (χ3v) is 2.09. The van der Waals surface area contributed by atoms with Crippen molar-refractivity contribution in [3.8, 4) is 5.75 Å². The summed E-state index contributed by atoms with van der Waals surface area (Å²) in [6.07, 6.45) is 2.30. The molecule has 1 atom stereocenters. The standard InChI is InChI=1S/C10H16N2O2/c1-2-8(7-13)11-5-9-3-4-10(14)6-12-9/h3-4,6,8,11,13-14H,2,5,7H2,1H3/t8-/m1/s1. The molecule has 1 heterocycles. The van der Waals surface area contributed by atoms with Gasteiger partial charge in [-0.2, -0.15) is 0 Å². The van der Waals surface area contributed by atoms with Gasteiger partial charge in [0, 0.05) is 12.6 Å². The molecule has 1 aromatic rings. The quantitative estimate of drug-likeness (QED) is 0.647. The predicted octanol–water partition coefficient (Wildman–Crippen LogP) is 0.648. The number of rotatable bonds is 5. The van der Waals surface area contributed by atoms with E-state index in [2.05, 4.69) is 10.3 Å². The van der Waals surface area contributed by atoms with E-state index < -0.39 is 0 Å². The van der Waals surface area contributed by atoms with E-state index in [9.17, 15) is 0 Å². The van der Waals surface area contributed by atoms with Crippen molar-refractivity contribution >= 4 is 0 Å². The van der Waals surface area contributed by atoms with Crippen molar-refractivity contribution in [3.05, 3.63) is 24.0 Å². The summed E-state index contributed by atoms with van der Waals surface area (Å²) in [5.41, 5.74) is 0.856. The van der Waals surface area contributed by atoms with Gasteiger partial charge in [0.15, 0.2) is 0 Å². The van der Waals surface area contributed by atoms with Crippen LogP contribution in [0.5, 0.6) is 5.75 Å². The average molecular weight is 196 g/mol. The van der Waals surface area contributed by atoms with Gasteiger partial charge in [-0.25, -0.2) is 0 Å². The lowest BCUT2D eigenvalue weighted by Gasteiger charge is -2.13. The van der Waals surface area contributed by atoms with Gasteiger partial charge in [0.1, 0.15) is 5.75 Å². The molecule has 0 aliphatic carbocycles. The summed E-state index contributed by atoms with van der Waals surface area (Å²) in [6, 6.07) is 3.47. The number of pyridine rings is 1. The maximum atomic E-state index is 9.00. The number of aromatic hydroxyl groups is 1. The zero-order chi connectivity index (χ0) is 10.4. The summed E-state index contributed by atoms with van der Waals surface area (Å²) >= 11 is 0. The molecule has 0 saturated heterocycles. The van der Waals surface area contributed by atoms with Gasteiger partial charge in [-0.05, 0) is 18.6 Å². The van der Waals surface area contributed by atoms with E-state index in [0.717, 1.165) is 12.1 Å². The summed E-state index contributed by atoms with van der Waals surface area (Å²) < 4.78 is 0. The molecule has 0 radical (unpaired) electrons. The van der Waals surface area contributed by atoms with Gasteiger partial charge in [0.05, 0.1) is 18.5 Å². The molecule has 0 fully saturated rings. The Morgan fingerprint density at radius 3 is 2.79 bits per heavy atom. The molecule has 3 N–H and O–H groups in total. The number of nitrogens with zero attached hydrogens (tertiary/aromatic N) is 1. The number of aliphatic hydroxyl groups excluding tert-OH is 1. The number of aliphatic hydroxyl groups is 1. The molecule has 1 aromatic heterocycles. The van der Waals surface area contributed by atoms with Crippen LogP contribution in [0.4, 0.5) is 0 Å². The highest BCUT2D eigenvalue weighted by atomic mass is 16.3. The third kappa shape index (κ3) is 3.32. The fraction of sp³-hybridized carbons (Fsp3) is 0.500. The third-order valence-electron chi connectivity index (χ3n) is 2.09. The van der Waals surface area contributed by atoms with Crippen LogP contribution in [0.1, 0.15) is 19.0 Å². The van der Waals surface area contributed by atoms with Crippen molar-refractivity contribution in [3.63, 3.8) is 0 Å². The molecule has 0 bridgehead atoms. The van der Waals surface area contributed by atoms with Crippen molar-refractivity contribution in [2.75, 3.05) is 6.61 Å². The maximum Gasteiger partial charge on any atom is 0.133 e. The van der Waals surface area contributed by atoms with Gasteiger partial charge in [0.2, 0.25) is 0 Å². The molecule has 78 valence electrons. The van der Waals surface area contributed by atoms with E-state index in [0.29, 0.717) is 6.54 Å². The Hall–Kier alpha value is -1.13. The van der Waals surface area contributed by atoms with Crippen molar-refractivity contribution < 1.29 is 10.2 Å². The van der Waals surface area contributed by atoms with E-state index in [-0.39, 0.29) is 18.4 Å². The van der Waals surface area contributed by atoms with E-state index in [1.54, 1.807) is 12.1 Å². The van der Waals surface area contributed by atoms with Gasteiger partial charge in [-0.3, -0.25) is 4.98 Å². The zero-order valence-corrected chi connectivity index (χ0v) is 8.27. The zero-order valence-electron chi connectivity index (χ0n) is 8.27. The minimum absolute atomic E-state index is 0.116. The highest BCUT2D eigenvalue weighted by molar-refractivity contribution is 5.17. The smallest absolute Gasteiger partial charge is 0.133 e. The van der Waals surface area contributed by atoms with Crippen molar-refractivity contribution in [1.29, 1.82) is 0 Å². The Kier molecular flexibility index (Phi) is 4.35. The highest BCUT2D eigenvalue weighted by Gasteiger charge is 2.03. The minimum atomic E-state index is 0.116. The molecular formula is C10H16N2O2. The van der Waals surface area contributed by atoms with Crippen LogP contribution in [-0.4, -0.2) is 27.8 Å². The Balaban J connectivity index is 2.41. The molecule has 4 nitrogen and oxygen atoms in total. The molecule has 0 aliphatic rings. The summed E-state index contributed by atoms with van der Waals surface area (Å²) in [4.78, 5) is 4.02. The Labute approximate surface area is 83.6 Å². The first-order valence-corrected chi connectivity index (χ1v) is 4.74. The van der Waals surface area contributed by atoms with Crippen LogP contribution in [0.25, 0.3) is 0 Å². The lowest BCUT2D eigenvalue weighted by atomic mass is 10.2. The maximum absolute atomic E-state index is 9.00. The first-order valence-electron chi connectivity index (χ1n) is 4.74. The Bertz CT molecular complexity index is 257. The molecule has 0 saturated carbocycles. The molecule has 4 heteroatoms. The molecule has 0 unspecified atom stereocenters. The first kappa shape index (κ1) is 10.9. The Morgan fingerprint density at radius 2 is 2.29 bits per heavy atom. The fourth-order valence-electron chi connectivity index (χ4n) is 1.11. The average Bonchev–Trinajstić information content (AvgIpc) is 2.22. The topological polar surface area (TPSA) is 65.4 Å². The second-order valence-electron chi connectivity index (χ2n) is 3.18. The van der Waals surface area contributed by atoms with Crippen molar-refractivity contribution in [2.24, 2.45) is 0 Å². The van der Waals surface area contributed by atoms with Gasteiger partial charge in [-0.15, -0.1) is 0 Å². The SMILES string of the molecule is CC[C@H](CO)NCc1ccc(O)cn1. The van der Waals surface area contributed by atoms with Gasteiger partial charge < -0.3 is 15.5 Å². The number of nitrogens with one attached hydrogen (secondary N) is 1.